The van der Waals surface area contributed by atoms with Crippen LogP contribution >= 0.6 is 0 Å². The van der Waals surface area contributed by atoms with Gasteiger partial charge in [-0.25, -0.2) is 0 Å². The van der Waals surface area contributed by atoms with Crippen molar-refractivity contribution in [1.82, 2.24) is 5.32 Å². The molecule has 0 unspecified atom stereocenters. The summed E-state index contributed by atoms with van der Waals surface area (Å²) in [5.74, 6) is 0. The van der Waals surface area contributed by atoms with Crippen LogP contribution in [0.4, 0.5) is 0 Å². The summed E-state index contributed by atoms with van der Waals surface area (Å²) >= 11 is 0. The van der Waals surface area contributed by atoms with Crippen molar-refractivity contribution in [2.24, 2.45) is 0 Å². The summed E-state index contributed by atoms with van der Waals surface area (Å²) in [6, 6.07) is 8.72. The Balaban J connectivity index is 2.56. The molecule has 2 nitrogen and oxygen atoms in total. The lowest BCUT2D eigenvalue weighted by atomic mass is 10.1. The molecule has 0 aliphatic heterocycles. The van der Waals surface area contributed by atoms with Crippen LogP contribution in [0.15, 0.2) is 24.3 Å². The minimum absolute atomic E-state index is 0.290. The van der Waals surface area contributed by atoms with Gasteiger partial charge in [0.05, 0.1) is 6.10 Å². The first-order chi connectivity index (χ1) is 6.59. The molecule has 0 heterocycles. The SMILES string of the molecule is Cc1cccc([C@H](C)NC[C@@H](C)O)c1. The number of hydrogen-bond donors (Lipinski definition) is 2. The van der Waals surface area contributed by atoms with E-state index in [1.807, 2.05) is 0 Å². The van der Waals surface area contributed by atoms with Crippen molar-refractivity contribution in [3.05, 3.63) is 35.4 Å². The molecule has 0 radical (unpaired) electrons. The number of aliphatic hydroxyl groups excluding tert-OH is 1. The maximum absolute atomic E-state index is 9.14. The van der Waals surface area contributed by atoms with Crippen LogP contribution in [0.3, 0.4) is 0 Å². The van der Waals surface area contributed by atoms with Gasteiger partial charge < -0.3 is 10.4 Å². The number of benzene rings is 1. The summed E-state index contributed by atoms with van der Waals surface area (Å²) in [7, 11) is 0. The Hall–Kier alpha value is -0.860. The third-order valence-electron chi connectivity index (χ3n) is 2.26. The van der Waals surface area contributed by atoms with E-state index in [4.69, 9.17) is 5.11 Å². The van der Waals surface area contributed by atoms with Crippen molar-refractivity contribution in [3.8, 4) is 0 Å². The van der Waals surface area contributed by atoms with Crippen LogP contribution in [0.1, 0.15) is 31.0 Å². The number of hydrogen-bond acceptors (Lipinski definition) is 2. The van der Waals surface area contributed by atoms with Crippen LogP contribution in [0, 0.1) is 6.92 Å². The van der Waals surface area contributed by atoms with E-state index in [0.717, 1.165) is 0 Å². The van der Waals surface area contributed by atoms with Crippen molar-refractivity contribution < 1.29 is 5.11 Å². The summed E-state index contributed by atoms with van der Waals surface area (Å²) in [6.07, 6.45) is -0.290. The fraction of sp³-hybridized carbons (Fsp3) is 0.500. The first-order valence-electron chi connectivity index (χ1n) is 5.07. The first kappa shape index (κ1) is 11.2. The largest absolute Gasteiger partial charge is 0.392 e. The van der Waals surface area contributed by atoms with Crippen LogP contribution in [-0.2, 0) is 0 Å². The maximum atomic E-state index is 9.14. The van der Waals surface area contributed by atoms with Gasteiger partial charge >= 0.3 is 0 Å². The van der Waals surface area contributed by atoms with Crippen LogP contribution in [0.2, 0.25) is 0 Å². The van der Waals surface area contributed by atoms with E-state index in [-0.39, 0.29) is 6.10 Å². The average molecular weight is 193 g/mol. The van der Waals surface area contributed by atoms with E-state index in [9.17, 15) is 0 Å². The van der Waals surface area contributed by atoms with Gasteiger partial charge in [-0.1, -0.05) is 29.8 Å². The lowest BCUT2D eigenvalue weighted by Crippen LogP contribution is -2.27. The van der Waals surface area contributed by atoms with Gasteiger partial charge in [-0.05, 0) is 26.3 Å². The fourth-order valence-corrected chi connectivity index (χ4v) is 1.40. The zero-order valence-corrected chi connectivity index (χ0v) is 9.12. The van der Waals surface area contributed by atoms with Gasteiger partial charge in [-0.3, -0.25) is 0 Å². The molecule has 0 bridgehead atoms. The quantitative estimate of drug-likeness (QED) is 0.767. The Morgan fingerprint density at radius 2 is 2.07 bits per heavy atom. The Morgan fingerprint density at radius 3 is 2.64 bits per heavy atom. The molecule has 1 aromatic rings. The number of nitrogens with one attached hydrogen (secondary N) is 1. The summed E-state index contributed by atoms with van der Waals surface area (Å²) in [5.41, 5.74) is 2.54. The predicted octanol–water partition coefficient (Wildman–Crippen LogP) is 2.03. The Morgan fingerprint density at radius 1 is 1.36 bits per heavy atom. The molecule has 0 saturated heterocycles. The number of aryl methyl sites for hydroxylation is 1. The predicted molar refractivity (Wildman–Crippen MR) is 59.3 cm³/mol. The van der Waals surface area contributed by atoms with Crippen molar-refractivity contribution >= 4 is 0 Å². The minimum atomic E-state index is -0.290. The lowest BCUT2D eigenvalue weighted by Gasteiger charge is -2.15. The second-order valence-electron chi connectivity index (χ2n) is 3.89. The molecule has 2 heteroatoms. The molecule has 14 heavy (non-hydrogen) atoms. The molecule has 0 aromatic heterocycles. The summed E-state index contributed by atoms with van der Waals surface area (Å²) in [4.78, 5) is 0. The highest BCUT2D eigenvalue weighted by Crippen LogP contribution is 2.13. The molecule has 2 atom stereocenters. The van der Waals surface area contributed by atoms with Crippen molar-refractivity contribution in [2.75, 3.05) is 6.54 Å². The van der Waals surface area contributed by atoms with E-state index < -0.39 is 0 Å². The van der Waals surface area contributed by atoms with Gasteiger partial charge in [0.2, 0.25) is 0 Å². The van der Waals surface area contributed by atoms with Gasteiger partial charge in [0.15, 0.2) is 0 Å². The van der Waals surface area contributed by atoms with Gasteiger partial charge in [0.25, 0.3) is 0 Å². The van der Waals surface area contributed by atoms with Gasteiger partial charge in [0.1, 0.15) is 0 Å². The standard InChI is InChI=1S/C12H19NO/c1-9-5-4-6-12(7-9)11(3)13-8-10(2)14/h4-7,10-11,13-14H,8H2,1-3H3/t10-,11+/m1/s1. The zero-order valence-electron chi connectivity index (χ0n) is 9.12. The summed E-state index contributed by atoms with van der Waals surface area (Å²) < 4.78 is 0. The van der Waals surface area contributed by atoms with Crippen LogP contribution < -0.4 is 5.32 Å². The second-order valence-corrected chi connectivity index (χ2v) is 3.89. The highest BCUT2D eigenvalue weighted by atomic mass is 16.3. The van der Waals surface area contributed by atoms with Gasteiger partial charge in [-0.2, -0.15) is 0 Å². The molecule has 1 rings (SSSR count). The van der Waals surface area contributed by atoms with E-state index in [1.165, 1.54) is 11.1 Å². The van der Waals surface area contributed by atoms with Crippen molar-refractivity contribution in [3.63, 3.8) is 0 Å². The van der Waals surface area contributed by atoms with Crippen LogP contribution in [0.25, 0.3) is 0 Å². The zero-order chi connectivity index (χ0) is 10.6. The molecule has 1 aromatic carbocycles. The summed E-state index contributed by atoms with van der Waals surface area (Å²) in [5, 5.41) is 12.4. The highest BCUT2D eigenvalue weighted by Gasteiger charge is 2.05. The smallest absolute Gasteiger partial charge is 0.0636 e. The normalized spacial score (nSPS) is 15.1. The third-order valence-corrected chi connectivity index (χ3v) is 2.26. The second kappa shape index (κ2) is 5.13. The van der Waals surface area contributed by atoms with Crippen LogP contribution in [-0.4, -0.2) is 17.8 Å². The third kappa shape index (κ3) is 3.48. The molecular formula is C12H19NO. The summed E-state index contributed by atoms with van der Waals surface area (Å²) in [6.45, 7) is 6.62. The average Bonchev–Trinajstić information content (AvgIpc) is 2.14. The number of aliphatic hydroxyl groups is 1. The van der Waals surface area contributed by atoms with Crippen molar-refractivity contribution in [1.29, 1.82) is 0 Å². The fourth-order valence-electron chi connectivity index (χ4n) is 1.40. The number of rotatable bonds is 4. The van der Waals surface area contributed by atoms with E-state index in [2.05, 4.69) is 43.4 Å². The lowest BCUT2D eigenvalue weighted by molar-refractivity contribution is 0.187. The van der Waals surface area contributed by atoms with Crippen LogP contribution in [0.5, 0.6) is 0 Å². The van der Waals surface area contributed by atoms with Gasteiger partial charge in [-0.15, -0.1) is 0 Å². The molecule has 0 fully saturated rings. The molecule has 0 aliphatic rings. The maximum Gasteiger partial charge on any atom is 0.0636 e. The Labute approximate surface area is 86.0 Å². The molecule has 2 N–H and O–H groups in total. The molecule has 0 amide bonds. The first-order valence-corrected chi connectivity index (χ1v) is 5.07. The van der Waals surface area contributed by atoms with E-state index in [1.54, 1.807) is 6.92 Å². The molecule has 78 valence electrons. The van der Waals surface area contributed by atoms with E-state index in [0.29, 0.717) is 12.6 Å². The molecule has 0 aliphatic carbocycles. The van der Waals surface area contributed by atoms with Crippen molar-refractivity contribution in [2.45, 2.75) is 32.9 Å². The molecule has 0 saturated carbocycles. The molecule has 0 spiro atoms. The Kier molecular flexibility index (Phi) is 4.11. The monoisotopic (exact) mass is 193 g/mol. The Bertz CT molecular complexity index is 283. The van der Waals surface area contributed by atoms with Gasteiger partial charge in [0, 0.05) is 12.6 Å². The van der Waals surface area contributed by atoms with E-state index >= 15 is 0 Å². The highest BCUT2D eigenvalue weighted by molar-refractivity contribution is 5.24. The molecular weight excluding hydrogens is 174 g/mol. The topological polar surface area (TPSA) is 32.3 Å². The minimum Gasteiger partial charge on any atom is -0.392 e.